The highest BCUT2D eigenvalue weighted by Gasteiger charge is 2.27. The molecule has 8 aromatic carbocycles. The van der Waals surface area contributed by atoms with E-state index in [1.165, 1.54) is 48.3 Å². The first-order valence-electron chi connectivity index (χ1n) is 27.1. The van der Waals surface area contributed by atoms with Crippen LogP contribution in [0.4, 0.5) is 69.0 Å². The number of aromatic carboxylic acids is 4. The Morgan fingerprint density at radius 3 is 1.39 bits per heavy atom. The van der Waals surface area contributed by atoms with E-state index >= 15 is 0 Å². The second-order valence-electron chi connectivity index (χ2n) is 20.0. The van der Waals surface area contributed by atoms with Crippen LogP contribution in [0.2, 0.25) is 0 Å². The van der Waals surface area contributed by atoms with Crippen LogP contribution in [0.25, 0.3) is 21.5 Å². The number of aromatic hydroxyl groups is 2. The van der Waals surface area contributed by atoms with E-state index in [1.54, 1.807) is 31.2 Å². The van der Waals surface area contributed by atoms with Crippen LogP contribution in [0.3, 0.4) is 0 Å². The van der Waals surface area contributed by atoms with Crippen LogP contribution < -0.4 is 31.4 Å². The van der Waals surface area contributed by atoms with Crippen molar-refractivity contribution in [3.05, 3.63) is 167 Å². The first kappa shape index (κ1) is 69.8. The molecule has 506 valence electrons. The van der Waals surface area contributed by atoms with Gasteiger partial charge in [-0.05, 0) is 139 Å². The lowest BCUT2D eigenvalue weighted by Crippen LogP contribution is -2.46. The number of phenolic OH excluding ortho intramolecular Hbond substituents is 2. The van der Waals surface area contributed by atoms with Crippen LogP contribution in [0.15, 0.2) is 168 Å². The number of carbonyl (C=O) groups is 5. The number of hydrogen-bond donors (Lipinski definition) is 15. The number of rotatable bonds is 26. The molecule has 99 heavy (non-hydrogen) atoms. The Hall–Kier alpha value is -12.1. The number of carbonyl (C=O) groups excluding carboxylic acids is 1. The van der Waals surface area contributed by atoms with Crippen molar-refractivity contribution in [2.45, 2.75) is 33.4 Å². The minimum atomic E-state index is -4.98. The van der Waals surface area contributed by atoms with Gasteiger partial charge in [0, 0.05) is 34.6 Å². The van der Waals surface area contributed by atoms with Gasteiger partial charge in [0.25, 0.3) is 38.3 Å². The molecule has 0 spiro atoms. The third-order valence-corrected chi connectivity index (χ3v) is 16.5. The Morgan fingerprint density at radius 1 is 0.505 bits per heavy atom. The maximum absolute atomic E-state index is 13.5. The van der Waals surface area contributed by atoms with E-state index < -0.39 is 105 Å². The van der Waals surface area contributed by atoms with E-state index in [1.807, 2.05) is 0 Å². The summed E-state index contributed by atoms with van der Waals surface area (Å²) in [5.74, 6) is -8.15. The van der Waals surface area contributed by atoms with Crippen molar-refractivity contribution in [3.63, 3.8) is 0 Å². The number of carboxylic acids is 4. The van der Waals surface area contributed by atoms with Crippen LogP contribution in [-0.2, 0) is 39.0 Å². The molecular weight excluding hydrogens is 1390 g/mol. The number of anilines is 8. The van der Waals surface area contributed by atoms with Gasteiger partial charge in [-0.25, -0.2) is 35.1 Å². The summed E-state index contributed by atoms with van der Waals surface area (Å²) in [6.45, 7) is 3.04. The Kier molecular flexibility index (Phi) is 20.5. The van der Waals surface area contributed by atoms with Crippen LogP contribution in [0.5, 0.6) is 11.5 Å². The van der Waals surface area contributed by atoms with E-state index in [4.69, 9.17) is 10.5 Å². The van der Waals surface area contributed by atoms with Crippen molar-refractivity contribution in [2.24, 2.45) is 20.5 Å². The molecule has 2 heterocycles. The van der Waals surface area contributed by atoms with E-state index in [-0.39, 0.29) is 113 Å². The van der Waals surface area contributed by atoms with Crippen molar-refractivity contribution < 1.29 is 114 Å². The Labute approximate surface area is 560 Å². The molecule has 15 N–H and O–H groups in total. The highest BCUT2D eigenvalue weighted by Crippen LogP contribution is 2.50. The fourth-order valence-corrected chi connectivity index (χ4v) is 11.2. The number of benzene rings is 8. The van der Waals surface area contributed by atoms with E-state index in [9.17, 15) is 80.6 Å². The second kappa shape index (κ2) is 29.1. The number of aryl methyl sites for hydroxylation is 2. The molecule has 0 saturated heterocycles. The van der Waals surface area contributed by atoms with Crippen LogP contribution >= 0.6 is 24.1 Å². The molecule has 10 aromatic rings. The minimum absolute atomic E-state index is 0.0878. The van der Waals surface area contributed by atoms with Crippen molar-refractivity contribution >= 4 is 165 Å². The number of carboxylic acid groups (broad SMARTS) is 4. The fraction of sp³-hybridized carbons (Fsp3) is 0.0351. The maximum Gasteiger partial charge on any atom is 0.379 e. The van der Waals surface area contributed by atoms with Gasteiger partial charge < -0.3 is 46.6 Å². The van der Waals surface area contributed by atoms with E-state index in [2.05, 4.69) is 90.8 Å². The first-order chi connectivity index (χ1) is 47.0. The summed E-state index contributed by atoms with van der Waals surface area (Å²) >= 11 is 0.458. The molecule has 0 radical (unpaired) electrons. The number of phenols is 2. The smallest absolute Gasteiger partial charge is 0.379 e. The van der Waals surface area contributed by atoms with Crippen molar-refractivity contribution in [1.29, 1.82) is 0 Å². The van der Waals surface area contributed by atoms with E-state index in [0.29, 0.717) is 17.1 Å². The average molecular weight is 1430 g/mol. The number of amides is 1. The van der Waals surface area contributed by atoms with Gasteiger partial charge in [-0.3, -0.25) is 19.2 Å². The summed E-state index contributed by atoms with van der Waals surface area (Å²) in [5, 5.41) is 114. The fourth-order valence-electron chi connectivity index (χ4n) is 9.14. The van der Waals surface area contributed by atoms with E-state index in [0.717, 1.165) is 66.7 Å². The van der Waals surface area contributed by atoms with Crippen molar-refractivity contribution in [2.75, 3.05) is 26.7 Å². The summed E-state index contributed by atoms with van der Waals surface area (Å²) in [4.78, 5) is 80.7. The molecule has 0 saturated carbocycles. The third kappa shape index (κ3) is 16.3. The molecular formula is C57H42N15O23S4+. The lowest BCUT2D eigenvalue weighted by Gasteiger charge is -2.15. The molecule has 0 unspecified atom stereocenters. The van der Waals surface area contributed by atoms with Gasteiger partial charge in [0.15, 0.2) is 11.5 Å². The molecule has 42 heteroatoms. The highest BCUT2D eigenvalue weighted by molar-refractivity contribution is 7.95. The molecule has 0 aliphatic carbocycles. The molecule has 0 bridgehead atoms. The number of aromatic nitrogens is 6. The lowest BCUT2D eigenvalue weighted by atomic mass is 10.1. The van der Waals surface area contributed by atoms with Gasteiger partial charge in [-0.2, -0.15) is 31.8 Å². The van der Waals surface area contributed by atoms with Gasteiger partial charge in [0.05, 0.1) is 83.0 Å². The summed E-state index contributed by atoms with van der Waals surface area (Å²) in [6, 6.07) is 24.3. The van der Waals surface area contributed by atoms with Crippen LogP contribution in [-0.4, -0.2) is 122 Å². The summed E-state index contributed by atoms with van der Waals surface area (Å²) in [7, 11) is -9.93. The minimum Gasteiger partial charge on any atom is -0.505 e. The third-order valence-electron chi connectivity index (χ3n) is 13.6. The van der Waals surface area contributed by atoms with Gasteiger partial charge in [0.1, 0.15) is 28.6 Å². The number of nitrogens with one attached hydrogen (secondary N) is 5. The van der Waals surface area contributed by atoms with Crippen molar-refractivity contribution in [1.82, 2.24) is 24.9 Å². The molecule has 1 amide bonds. The summed E-state index contributed by atoms with van der Waals surface area (Å²) in [6.07, 6.45) is 1.27. The zero-order chi connectivity index (χ0) is 71.2. The second-order valence-corrected chi connectivity index (χ2v) is 24.3. The molecule has 0 fully saturated rings. The average Bonchev–Trinajstić information content (AvgIpc) is 0.761. The largest absolute Gasteiger partial charge is 0.505 e. The summed E-state index contributed by atoms with van der Waals surface area (Å²) < 4.78 is 80.9. The normalized spacial score (nSPS) is 11.7. The number of nitrogens with zero attached hydrogens (tertiary/aromatic N) is 10. The number of hydrogen-bond acceptors (Lipinski definition) is 32. The Bertz CT molecular complexity index is 5270. The molecule has 0 atom stereocenters. The Morgan fingerprint density at radius 2 is 0.949 bits per heavy atom. The van der Waals surface area contributed by atoms with Gasteiger partial charge in [0.2, 0.25) is 11.9 Å². The lowest BCUT2D eigenvalue weighted by molar-refractivity contribution is -0.655. The quantitative estimate of drug-likeness (QED) is 0.00598. The molecule has 0 aliphatic heterocycles. The SMILES string of the molecule is Cc1nc(Nc2ccc(C(=O)Nc3ccc(N[n+]4cnc(Nc5cc(S(=O)(=O)O)cc6cc(SOOO)c(N=Nc7cc(C(=O)O)ccc7C(=O)O)c(O)c56)nc4C)cc3)cc2)nc(Nc2cc(S(=O)(=O)O)cc3cc(SOOO)c(N=Nc4cc(C(=O)O)ccc4C(=O)O)c(O)c23)n1. The van der Waals surface area contributed by atoms with Gasteiger partial charge in [-0.15, -0.1) is 33.8 Å². The van der Waals surface area contributed by atoms with Crippen LogP contribution in [0, 0.1) is 13.8 Å². The van der Waals surface area contributed by atoms with Gasteiger partial charge >= 0.3 is 29.8 Å². The van der Waals surface area contributed by atoms with Gasteiger partial charge in [-0.1, -0.05) is 20.0 Å². The molecule has 10 rings (SSSR count). The number of azo groups is 2. The predicted molar refractivity (Wildman–Crippen MR) is 342 cm³/mol. The molecule has 2 aromatic heterocycles. The monoisotopic (exact) mass is 1430 g/mol. The molecule has 0 aliphatic rings. The van der Waals surface area contributed by atoms with Crippen molar-refractivity contribution in [3.8, 4) is 11.5 Å². The molecule has 38 nitrogen and oxygen atoms in total. The zero-order valence-corrected chi connectivity index (χ0v) is 52.8. The predicted octanol–water partition coefficient (Wildman–Crippen LogP) is 10.6. The zero-order valence-electron chi connectivity index (χ0n) is 49.5. The summed E-state index contributed by atoms with van der Waals surface area (Å²) in [5.41, 5.74) is 0.349. The van der Waals surface area contributed by atoms with Crippen LogP contribution in [0.1, 0.15) is 63.4 Å². The highest BCUT2D eigenvalue weighted by atomic mass is 32.2. The number of fused-ring (bicyclic) bond motifs is 2. The standard InChI is InChI=1S/C57H41N15O23S4/c1-24-59-56(66-57(60-24)65-41-22-35(99(89,90)91)16-30-20-43(97-95-93-85)47(49(74)45(30)41)70-68-39-18-28(52(78)79)6-14-37(39)54(82)83)63-32-7-3-26(4-8-32)50(75)62-31-9-11-33(12-10-31)71-72-23-58-55(61-25(72)2)64-40-21-34(98(86,87)88)15-29-19-42(96-94-92-84)46(48(73)44(29)40)69-67-38-17-27(51(76)77)5-13-36(38)53(80)81/h3-23H,1-2H3,(H14,59,60,62,63,65,66,67,68,69,70,71,73,74,75,76,77,78,79,80,81,82,83,84,85,86,87,88,89,90,91)/p+1. The Balaban J connectivity index is 0.836. The first-order valence-corrected chi connectivity index (χ1v) is 31.5. The maximum atomic E-state index is 13.5. The topological polar surface area (TPSA) is 571 Å².